The molecule has 1 aromatic rings. The van der Waals surface area contributed by atoms with Gasteiger partial charge < -0.3 is 15.3 Å². The Bertz CT molecular complexity index is 621. The zero-order chi connectivity index (χ0) is 16.4. The van der Waals surface area contributed by atoms with Gasteiger partial charge in [-0.25, -0.2) is 4.79 Å². The number of aliphatic carboxylic acids is 1. The number of carboxylic acid groups (broad SMARTS) is 1. The second-order valence-electron chi connectivity index (χ2n) is 5.84. The molecule has 3 rings (SSSR count). The molecule has 0 aliphatic carbocycles. The van der Waals surface area contributed by atoms with Crippen molar-refractivity contribution in [2.45, 2.75) is 12.8 Å². The van der Waals surface area contributed by atoms with Crippen LogP contribution in [0.3, 0.4) is 0 Å². The number of hydrogen-bond donors (Lipinski definition) is 2. The first-order chi connectivity index (χ1) is 11.1. The van der Waals surface area contributed by atoms with Gasteiger partial charge in [0.25, 0.3) is 5.91 Å². The molecule has 2 aliphatic rings. The fourth-order valence-corrected chi connectivity index (χ4v) is 3.01. The van der Waals surface area contributed by atoms with Gasteiger partial charge in [-0.2, -0.15) is 0 Å². The van der Waals surface area contributed by atoms with E-state index in [9.17, 15) is 14.4 Å². The van der Waals surface area contributed by atoms with Crippen molar-refractivity contribution < 1.29 is 19.5 Å². The molecule has 7 nitrogen and oxygen atoms in total. The molecule has 2 N–H and O–H groups in total. The van der Waals surface area contributed by atoms with Gasteiger partial charge in [-0.1, -0.05) is 0 Å². The maximum absolute atomic E-state index is 12.5. The normalized spacial score (nSPS) is 18.9. The highest BCUT2D eigenvalue weighted by molar-refractivity contribution is 5.97. The molecule has 0 spiro atoms. The van der Waals surface area contributed by atoms with E-state index in [4.69, 9.17) is 5.11 Å². The average Bonchev–Trinajstić information content (AvgIpc) is 3.00. The molecule has 2 aliphatic heterocycles. The Labute approximate surface area is 133 Å². The molecular weight excluding hydrogens is 298 g/mol. The number of nitrogens with one attached hydrogen (secondary N) is 1. The summed E-state index contributed by atoms with van der Waals surface area (Å²) in [7, 11) is 0. The fraction of sp³-hybridized carbons (Fsp3) is 0.438. The number of hydrogen-bond acceptors (Lipinski definition) is 3. The lowest BCUT2D eigenvalue weighted by Crippen LogP contribution is -2.40. The number of nitrogens with zero attached hydrogens (tertiary/aromatic N) is 2. The van der Waals surface area contributed by atoms with E-state index < -0.39 is 5.97 Å². The third-order valence-electron chi connectivity index (χ3n) is 4.41. The van der Waals surface area contributed by atoms with Crippen LogP contribution in [0, 0.1) is 5.92 Å². The van der Waals surface area contributed by atoms with Crippen LogP contribution in [-0.4, -0.2) is 54.1 Å². The molecular formula is C16H19N3O4. The molecule has 3 amide bonds. The maximum Gasteiger partial charge on any atom is 0.321 e. The van der Waals surface area contributed by atoms with Crippen molar-refractivity contribution in [2.75, 3.05) is 31.1 Å². The van der Waals surface area contributed by atoms with Gasteiger partial charge in [0.15, 0.2) is 0 Å². The van der Waals surface area contributed by atoms with E-state index in [1.165, 1.54) is 0 Å². The van der Waals surface area contributed by atoms with Crippen molar-refractivity contribution >= 4 is 23.6 Å². The molecule has 0 aromatic heterocycles. The predicted octanol–water partition coefficient (Wildman–Crippen LogP) is 1.15. The van der Waals surface area contributed by atoms with Gasteiger partial charge in [-0.3, -0.25) is 14.5 Å². The first-order valence-electron chi connectivity index (χ1n) is 7.74. The quantitative estimate of drug-likeness (QED) is 0.875. The highest BCUT2D eigenvalue weighted by atomic mass is 16.4. The van der Waals surface area contributed by atoms with E-state index in [1.54, 1.807) is 34.1 Å². The van der Waals surface area contributed by atoms with E-state index in [2.05, 4.69) is 5.32 Å². The van der Waals surface area contributed by atoms with Gasteiger partial charge in [0, 0.05) is 37.4 Å². The number of carbonyl (C=O) groups is 3. The molecule has 0 unspecified atom stereocenters. The molecule has 0 radical (unpaired) electrons. The zero-order valence-corrected chi connectivity index (χ0v) is 12.7. The van der Waals surface area contributed by atoms with Crippen LogP contribution < -0.4 is 10.2 Å². The minimum Gasteiger partial charge on any atom is -0.481 e. The Morgan fingerprint density at radius 2 is 1.74 bits per heavy atom. The minimum absolute atomic E-state index is 0.0914. The summed E-state index contributed by atoms with van der Waals surface area (Å²) >= 11 is 0. The van der Waals surface area contributed by atoms with Crippen LogP contribution >= 0.6 is 0 Å². The monoisotopic (exact) mass is 317 g/mol. The van der Waals surface area contributed by atoms with Crippen molar-refractivity contribution in [1.29, 1.82) is 0 Å². The smallest absolute Gasteiger partial charge is 0.321 e. The minimum atomic E-state index is -0.787. The molecule has 2 saturated heterocycles. The lowest BCUT2D eigenvalue weighted by Gasteiger charge is -2.30. The number of piperidine rings is 1. The number of rotatable bonds is 3. The first kappa shape index (κ1) is 15.3. The lowest BCUT2D eigenvalue weighted by atomic mass is 9.96. The average molecular weight is 317 g/mol. The van der Waals surface area contributed by atoms with Gasteiger partial charge in [0.1, 0.15) is 0 Å². The second kappa shape index (κ2) is 6.28. The summed E-state index contributed by atoms with van der Waals surface area (Å²) in [5.41, 5.74) is 1.32. The highest BCUT2D eigenvalue weighted by Gasteiger charge is 2.27. The zero-order valence-electron chi connectivity index (χ0n) is 12.7. The Balaban J connectivity index is 1.64. The Morgan fingerprint density at radius 1 is 1.09 bits per heavy atom. The predicted molar refractivity (Wildman–Crippen MR) is 83.5 cm³/mol. The van der Waals surface area contributed by atoms with E-state index in [1.807, 2.05) is 0 Å². The van der Waals surface area contributed by atoms with Crippen molar-refractivity contribution in [3.05, 3.63) is 29.8 Å². The largest absolute Gasteiger partial charge is 0.481 e. The Kier molecular flexibility index (Phi) is 4.18. The molecule has 7 heteroatoms. The molecule has 2 fully saturated rings. The summed E-state index contributed by atoms with van der Waals surface area (Å²) in [6.07, 6.45) is 0.986. The summed E-state index contributed by atoms with van der Waals surface area (Å²) in [5.74, 6) is -1.23. The summed E-state index contributed by atoms with van der Waals surface area (Å²) in [4.78, 5) is 38.4. The van der Waals surface area contributed by atoms with Crippen molar-refractivity contribution in [2.24, 2.45) is 5.92 Å². The Hall–Kier alpha value is -2.57. The van der Waals surface area contributed by atoms with E-state index in [0.29, 0.717) is 44.6 Å². The van der Waals surface area contributed by atoms with Gasteiger partial charge in [0.2, 0.25) is 0 Å². The third kappa shape index (κ3) is 3.13. The van der Waals surface area contributed by atoms with Gasteiger partial charge in [0.05, 0.1) is 5.92 Å². The standard InChI is InChI=1S/C16H19N3O4/c20-14(18-8-5-12(6-9-18)15(21)22)11-1-3-13(4-2-11)19-10-7-17-16(19)23/h1-4,12H,5-10H2,(H,17,23)(H,21,22). The van der Waals surface area contributed by atoms with E-state index in [-0.39, 0.29) is 17.9 Å². The Morgan fingerprint density at radius 3 is 2.26 bits per heavy atom. The van der Waals surface area contributed by atoms with Crippen LogP contribution in [0.15, 0.2) is 24.3 Å². The van der Waals surface area contributed by atoms with Crippen LogP contribution in [0.2, 0.25) is 0 Å². The van der Waals surface area contributed by atoms with Crippen molar-refractivity contribution in [3.63, 3.8) is 0 Å². The van der Waals surface area contributed by atoms with Gasteiger partial charge in [-0.05, 0) is 37.1 Å². The van der Waals surface area contributed by atoms with E-state index in [0.717, 1.165) is 5.69 Å². The van der Waals surface area contributed by atoms with Gasteiger partial charge >= 0.3 is 12.0 Å². The number of amides is 3. The fourth-order valence-electron chi connectivity index (χ4n) is 3.01. The van der Waals surface area contributed by atoms with Crippen LogP contribution in [0.4, 0.5) is 10.5 Å². The third-order valence-corrected chi connectivity index (χ3v) is 4.41. The summed E-state index contributed by atoms with van der Waals surface area (Å²) in [6.45, 7) is 2.17. The molecule has 0 saturated carbocycles. The number of carboxylic acids is 1. The maximum atomic E-state index is 12.5. The molecule has 0 atom stereocenters. The van der Waals surface area contributed by atoms with Crippen LogP contribution in [-0.2, 0) is 4.79 Å². The van der Waals surface area contributed by atoms with Crippen molar-refractivity contribution in [1.82, 2.24) is 10.2 Å². The van der Waals surface area contributed by atoms with Crippen molar-refractivity contribution in [3.8, 4) is 0 Å². The molecule has 2 heterocycles. The van der Waals surface area contributed by atoms with Crippen LogP contribution in [0.1, 0.15) is 23.2 Å². The first-order valence-corrected chi connectivity index (χ1v) is 7.74. The summed E-state index contributed by atoms with van der Waals surface area (Å²) in [6, 6.07) is 6.84. The SMILES string of the molecule is O=C(O)C1CCN(C(=O)c2ccc(N3CCNC3=O)cc2)CC1. The number of likely N-dealkylation sites (tertiary alicyclic amines) is 1. The van der Waals surface area contributed by atoms with Crippen LogP contribution in [0.25, 0.3) is 0 Å². The molecule has 0 bridgehead atoms. The number of benzene rings is 1. The topological polar surface area (TPSA) is 89.9 Å². The highest BCUT2D eigenvalue weighted by Crippen LogP contribution is 2.21. The number of urea groups is 1. The lowest BCUT2D eigenvalue weighted by molar-refractivity contribution is -0.143. The number of anilines is 1. The summed E-state index contributed by atoms with van der Waals surface area (Å²) < 4.78 is 0. The summed E-state index contributed by atoms with van der Waals surface area (Å²) in [5, 5.41) is 11.7. The van der Waals surface area contributed by atoms with E-state index >= 15 is 0 Å². The molecule has 1 aromatic carbocycles. The number of carbonyl (C=O) groups excluding carboxylic acids is 2. The molecule has 122 valence electrons. The molecule has 23 heavy (non-hydrogen) atoms. The van der Waals surface area contributed by atoms with Crippen LogP contribution in [0.5, 0.6) is 0 Å². The van der Waals surface area contributed by atoms with Gasteiger partial charge in [-0.15, -0.1) is 0 Å². The second-order valence-corrected chi connectivity index (χ2v) is 5.84.